The first-order valence-electron chi connectivity index (χ1n) is 12.6. The molecule has 14 nitrogen and oxygen atoms in total. The quantitative estimate of drug-likeness (QED) is 0.204. The van der Waals surface area contributed by atoms with Gasteiger partial charge in [0.05, 0.1) is 13.4 Å². The smallest absolute Gasteiger partial charge is 0.468 e. The summed E-state index contributed by atoms with van der Waals surface area (Å²) in [6.45, 7) is 3.69. The number of carbonyl (C=O) groups excluding carboxylic acids is 1. The number of nitrogens with two attached hydrogens (primary N) is 1. The van der Waals surface area contributed by atoms with Crippen LogP contribution in [0.2, 0.25) is 0 Å². The summed E-state index contributed by atoms with van der Waals surface area (Å²) in [6, 6.07) is 7.23. The fourth-order valence-electron chi connectivity index (χ4n) is 4.49. The number of imidazole rings is 1. The van der Waals surface area contributed by atoms with Crippen LogP contribution in [-0.4, -0.2) is 86.2 Å². The van der Waals surface area contributed by atoms with Gasteiger partial charge in [0.15, 0.2) is 40.7 Å². The number of para-hydroxylation sites is 1. The molecule has 2 aliphatic rings. The number of methoxy groups -OCH3 is 1. The average Bonchev–Trinajstić information content (AvgIpc) is 3.42. The molecule has 0 bridgehead atoms. The number of carbonyl (C=O) groups is 1. The van der Waals surface area contributed by atoms with Gasteiger partial charge in [-0.3, -0.25) is 9.36 Å². The number of ether oxygens (including phenoxy) is 2. The van der Waals surface area contributed by atoms with Gasteiger partial charge in [-0.1, -0.05) is 18.2 Å². The van der Waals surface area contributed by atoms with Crippen LogP contribution >= 0.6 is 8.18 Å². The van der Waals surface area contributed by atoms with Crippen molar-refractivity contribution in [1.82, 2.24) is 24.4 Å². The second-order valence-corrected chi connectivity index (χ2v) is 10.8. The Kier molecular flexibility index (Phi) is 7.84. The Balaban J connectivity index is 1.34. The number of esters is 1. The van der Waals surface area contributed by atoms with Crippen LogP contribution < -0.4 is 15.5 Å². The summed E-state index contributed by atoms with van der Waals surface area (Å²) in [6.07, 6.45) is -1.91. The van der Waals surface area contributed by atoms with Crippen LogP contribution in [0.25, 0.3) is 11.2 Å². The zero-order chi connectivity index (χ0) is 28.6. The Morgan fingerprint density at radius 3 is 2.73 bits per heavy atom. The number of alkyl halides is 1. The molecule has 5 rings (SSSR count). The van der Waals surface area contributed by atoms with Crippen molar-refractivity contribution in [2.45, 2.75) is 50.4 Å². The number of hydroxylamine groups is 1. The van der Waals surface area contributed by atoms with Crippen LogP contribution in [0.1, 0.15) is 26.5 Å². The molecular formula is C24H30FN7O7P+. The predicted molar refractivity (Wildman–Crippen MR) is 140 cm³/mol. The lowest BCUT2D eigenvalue weighted by molar-refractivity contribution is -0.152. The number of anilines is 2. The highest BCUT2D eigenvalue weighted by Crippen LogP contribution is 2.44. The van der Waals surface area contributed by atoms with Crippen LogP contribution in [0.15, 0.2) is 36.7 Å². The Morgan fingerprint density at radius 2 is 2.08 bits per heavy atom. The van der Waals surface area contributed by atoms with Gasteiger partial charge in [-0.2, -0.15) is 9.97 Å². The van der Waals surface area contributed by atoms with Crippen LogP contribution in [0.4, 0.5) is 16.2 Å². The van der Waals surface area contributed by atoms with Crippen molar-refractivity contribution in [3.63, 3.8) is 0 Å². The van der Waals surface area contributed by atoms with Crippen molar-refractivity contribution < 1.29 is 37.7 Å². The van der Waals surface area contributed by atoms with E-state index in [2.05, 4.69) is 15.0 Å². The van der Waals surface area contributed by atoms with Crippen molar-refractivity contribution in [1.29, 1.82) is 0 Å². The fourth-order valence-corrected chi connectivity index (χ4v) is 5.41. The summed E-state index contributed by atoms with van der Waals surface area (Å²) in [7, 11) is -1.64. The number of fused-ring (bicyclic) bond motifs is 1. The molecule has 2 aliphatic heterocycles. The van der Waals surface area contributed by atoms with Gasteiger partial charge in [0.2, 0.25) is 5.95 Å². The molecule has 3 aromatic rings. The third-order valence-corrected chi connectivity index (χ3v) is 7.99. The van der Waals surface area contributed by atoms with Crippen molar-refractivity contribution in [2.24, 2.45) is 0 Å². The van der Waals surface area contributed by atoms with Crippen molar-refractivity contribution in [2.75, 3.05) is 37.4 Å². The summed E-state index contributed by atoms with van der Waals surface area (Å²) >= 11 is 0. The number of aromatic nitrogens is 4. The molecule has 0 amide bonds. The minimum absolute atomic E-state index is 0.00892. The maximum absolute atomic E-state index is 16.0. The fraction of sp³-hybridized carbons (Fsp3) is 0.500. The summed E-state index contributed by atoms with van der Waals surface area (Å²) in [5.74, 6) is 0.110. The van der Waals surface area contributed by atoms with Gasteiger partial charge in [0, 0.05) is 13.1 Å². The molecule has 2 aromatic heterocycles. The maximum atomic E-state index is 16.0. The van der Waals surface area contributed by atoms with Crippen molar-refractivity contribution in [3.05, 3.63) is 36.7 Å². The van der Waals surface area contributed by atoms with E-state index in [4.69, 9.17) is 24.6 Å². The molecule has 2 saturated heterocycles. The molecule has 0 radical (unpaired) electrons. The Hall–Kier alpha value is -3.49. The van der Waals surface area contributed by atoms with Crippen LogP contribution in [-0.2, 0) is 23.4 Å². The Labute approximate surface area is 229 Å². The van der Waals surface area contributed by atoms with E-state index < -0.39 is 50.9 Å². The van der Waals surface area contributed by atoms with E-state index in [-0.39, 0.29) is 11.6 Å². The standard InChI is InChI=1S/C24H30FN7O7P/c1-14(21(34)36-3)32(39-15-8-5-4-6-9-15)40(35)37-12-16-18(33)24(2,25)22(38-16)31-13-27-17-19(30-10-7-11-30)28-23(26)29-20(17)31/h4-6,8-9,13-14,16,18,22,33H,7,10-12H2,1-3H3,(H2,26,28,29)/q+1/t14?,16-,18-,22-,24-/m1/s1. The maximum Gasteiger partial charge on any atom is 0.653 e. The Bertz CT molecular complexity index is 1390. The minimum Gasteiger partial charge on any atom is -0.468 e. The second-order valence-electron chi connectivity index (χ2n) is 9.63. The number of rotatable bonds is 10. The molecule has 16 heteroatoms. The van der Waals surface area contributed by atoms with E-state index in [9.17, 15) is 14.5 Å². The normalized spacial score (nSPS) is 25.6. The Morgan fingerprint density at radius 1 is 1.35 bits per heavy atom. The summed E-state index contributed by atoms with van der Waals surface area (Å²) in [5.41, 5.74) is 4.29. The molecule has 4 heterocycles. The molecule has 3 N–H and O–H groups in total. The van der Waals surface area contributed by atoms with Gasteiger partial charge in [0.25, 0.3) is 0 Å². The number of hydrogen-bond acceptors (Lipinski definition) is 12. The summed E-state index contributed by atoms with van der Waals surface area (Å²) in [4.78, 5) is 33.5. The van der Waals surface area contributed by atoms with Crippen LogP contribution in [0.5, 0.6) is 5.75 Å². The largest absolute Gasteiger partial charge is 0.653 e. The number of aliphatic hydroxyl groups is 1. The predicted octanol–water partition coefficient (Wildman–Crippen LogP) is 2.14. The van der Waals surface area contributed by atoms with Crippen molar-refractivity contribution in [3.8, 4) is 5.75 Å². The highest BCUT2D eigenvalue weighted by molar-refractivity contribution is 7.36. The highest BCUT2D eigenvalue weighted by Gasteiger charge is 2.56. The van der Waals surface area contributed by atoms with E-state index in [0.29, 0.717) is 17.1 Å². The number of nitrogen functional groups attached to an aromatic ring is 1. The third kappa shape index (κ3) is 5.18. The van der Waals surface area contributed by atoms with Gasteiger partial charge in [-0.15, -0.1) is 4.52 Å². The molecule has 0 aliphatic carbocycles. The molecule has 0 spiro atoms. The molecule has 6 atom stereocenters. The van der Waals surface area contributed by atoms with E-state index >= 15 is 4.39 Å². The first kappa shape index (κ1) is 28.1. The highest BCUT2D eigenvalue weighted by atomic mass is 31.1. The number of benzene rings is 1. The molecule has 2 fully saturated rings. The van der Waals surface area contributed by atoms with E-state index in [1.807, 2.05) is 4.90 Å². The molecule has 40 heavy (non-hydrogen) atoms. The molecule has 2 unspecified atom stereocenters. The minimum atomic E-state index is -2.83. The first-order valence-corrected chi connectivity index (χ1v) is 13.7. The lowest BCUT2D eigenvalue weighted by Crippen LogP contribution is -2.41. The van der Waals surface area contributed by atoms with E-state index in [0.717, 1.165) is 24.3 Å². The van der Waals surface area contributed by atoms with Gasteiger partial charge in [0.1, 0.15) is 23.6 Å². The van der Waals surface area contributed by atoms with E-state index in [1.165, 1.54) is 31.9 Å². The second kappa shape index (κ2) is 11.2. The molecular weight excluding hydrogens is 548 g/mol. The lowest BCUT2D eigenvalue weighted by Gasteiger charge is -2.32. The first-order chi connectivity index (χ1) is 19.1. The molecule has 1 aromatic carbocycles. The van der Waals surface area contributed by atoms with Gasteiger partial charge in [-0.25, -0.2) is 9.37 Å². The topological polar surface area (TPSA) is 167 Å². The van der Waals surface area contributed by atoms with Crippen LogP contribution in [0.3, 0.4) is 0 Å². The monoisotopic (exact) mass is 578 g/mol. The van der Waals surface area contributed by atoms with Crippen LogP contribution in [0, 0.1) is 0 Å². The number of nitrogens with zero attached hydrogens (tertiary/aromatic N) is 6. The summed E-state index contributed by atoms with van der Waals surface area (Å²) < 4.78 is 46.5. The van der Waals surface area contributed by atoms with Gasteiger partial charge < -0.3 is 30.1 Å². The average molecular weight is 579 g/mol. The van der Waals surface area contributed by atoms with Gasteiger partial charge >= 0.3 is 14.1 Å². The number of hydrogen-bond donors (Lipinski definition) is 2. The lowest BCUT2D eigenvalue weighted by atomic mass is 9.98. The van der Waals surface area contributed by atoms with Crippen molar-refractivity contribution >= 4 is 37.1 Å². The third-order valence-electron chi connectivity index (χ3n) is 6.87. The number of aliphatic hydroxyl groups excluding tert-OH is 1. The molecule has 0 saturated carbocycles. The van der Waals surface area contributed by atoms with E-state index in [1.54, 1.807) is 30.3 Å². The number of halogens is 1. The summed E-state index contributed by atoms with van der Waals surface area (Å²) in [5, 5.41) is 10.8. The molecule has 214 valence electrons. The van der Waals surface area contributed by atoms with Gasteiger partial charge in [-0.05, 0) is 37.0 Å². The zero-order valence-electron chi connectivity index (χ0n) is 22.1. The SMILES string of the molecule is COC(=O)C(C)N(Oc1ccccc1)[P+](=O)OC[C@H]1O[C@@H](n2cnc3c(N4CCC4)nc(N)nc32)[C@](C)(F)[C@@H]1O. The zero-order valence-corrected chi connectivity index (χ0v) is 23.0.